The second kappa shape index (κ2) is 12.4. The summed E-state index contributed by atoms with van der Waals surface area (Å²) in [6.07, 6.45) is -0.439. The van der Waals surface area contributed by atoms with Crippen molar-refractivity contribution in [2.75, 3.05) is 33.4 Å². The van der Waals surface area contributed by atoms with E-state index in [9.17, 15) is 0 Å². The summed E-state index contributed by atoms with van der Waals surface area (Å²) in [6.45, 7) is 14.4. The van der Waals surface area contributed by atoms with Gasteiger partial charge in [-0.15, -0.1) is 0 Å². The van der Waals surface area contributed by atoms with Gasteiger partial charge in [0.05, 0.1) is 13.2 Å². The highest BCUT2D eigenvalue weighted by atomic mass is 19.4. The first-order chi connectivity index (χ1) is 23.9. The molecule has 14 heteroatoms. The first-order valence-corrected chi connectivity index (χ1v) is 19.4. The number of hydrogen-bond acceptors (Lipinski definition) is 11. The molecule has 11 nitrogen and oxygen atoms in total. The lowest BCUT2D eigenvalue weighted by Crippen LogP contribution is -2.76. The fourth-order valence-electron chi connectivity index (χ4n) is 11.6. The number of fused-ring (bicyclic) bond motifs is 4. The van der Waals surface area contributed by atoms with Crippen molar-refractivity contribution in [3.8, 4) is 0 Å². The van der Waals surface area contributed by atoms with E-state index >= 15 is 13.2 Å². The van der Waals surface area contributed by atoms with E-state index in [0.717, 1.165) is 38.5 Å². The van der Waals surface area contributed by atoms with Gasteiger partial charge in [0.25, 0.3) is 5.79 Å². The van der Waals surface area contributed by atoms with E-state index in [4.69, 9.17) is 48.0 Å². The fraction of sp³-hybridized carbons (Fsp3) is 1.00. The molecule has 10 rings (SSSR count). The molecule has 0 aromatic heterocycles. The minimum atomic E-state index is -4.81. The lowest BCUT2D eigenvalue weighted by Gasteiger charge is -2.62. The largest absolute Gasteiger partial charge is 0.443 e. The van der Waals surface area contributed by atoms with Crippen molar-refractivity contribution in [3.63, 3.8) is 0 Å². The molecule has 2 spiro atoms. The van der Waals surface area contributed by atoms with Crippen LogP contribution in [-0.4, -0.2) is 91.4 Å². The van der Waals surface area contributed by atoms with Crippen LogP contribution in [0.5, 0.6) is 0 Å². The van der Waals surface area contributed by atoms with E-state index in [1.165, 1.54) is 0 Å². The monoisotopic (exact) mass is 733 g/mol. The first kappa shape index (κ1) is 37.3. The molecule has 0 N–H and O–H groups in total. The summed E-state index contributed by atoms with van der Waals surface area (Å²) >= 11 is 0. The van der Waals surface area contributed by atoms with Gasteiger partial charge in [-0.05, 0) is 90.0 Å². The predicted molar refractivity (Wildman–Crippen MR) is 173 cm³/mol. The minimum absolute atomic E-state index is 0.0209. The Bertz CT molecular complexity index is 1330. The van der Waals surface area contributed by atoms with E-state index in [-0.39, 0.29) is 42.7 Å². The maximum Gasteiger partial charge on any atom is 0.443 e. The van der Waals surface area contributed by atoms with Gasteiger partial charge in [0.1, 0.15) is 0 Å². The van der Waals surface area contributed by atoms with Gasteiger partial charge < -0.3 is 33.3 Å². The van der Waals surface area contributed by atoms with Crippen LogP contribution in [0.1, 0.15) is 99.8 Å². The Balaban J connectivity index is 0.920. The maximum absolute atomic E-state index is 15.2. The van der Waals surface area contributed by atoms with E-state index in [1.807, 2.05) is 25.8 Å². The molecule has 292 valence electrons. The summed E-state index contributed by atoms with van der Waals surface area (Å²) in [5, 5.41) is 0. The zero-order chi connectivity index (χ0) is 36.4. The molecule has 8 heterocycles. The number of rotatable bonds is 8. The summed E-state index contributed by atoms with van der Waals surface area (Å²) in [7, 11) is 1.84. The van der Waals surface area contributed by atoms with Gasteiger partial charge in [0.2, 0.25) is 11.6 Å². The molecule has 16 atom stereocenters. The molecule has 4 bridgehead atoms. The summed E-state index contributed by atoms with van der Waals surface area (Å²) in [4.78, 5) is 26.0. The van der Waals surface area contributed by atoms with Crippen molar-refractivity contribution in [2.24, 2.45) is 47.3 Å². The summed E-state index contributed by atoms with van der Waals surface area (Å²) < 4.78 is 83.6. The van der Waals surface area contributed by atoms with Crippen LogP contribution >= 0.6 is 0 Å². The van der Waals surface area contributed by atoms with Crippen molar-refractivity contribution in [1.82, 2.24) is 4.90 Å². The van der Waals surface area contributed by atoms with Crippen molar-refractivity contribution >= 4 is 0 Å². The van der Waals surface area contributed by atoms with Gasteiger partial charge in [-0.2, -0.15) is 13.2 Å². The Morgan fingerprint density at radius 2 is 1.10 bits per heavy atom. The highest BCUT2D eigenvalue weighted by molar-refractivity contribution is 5.13. The topological polar surface area (TPSA) is 95.5 Å². The third kappa shape index (κ3) is 5.46. The highest BCUT2D eigenvalue weighted by Gasteiger charge is 2.77. The quantitative estimate of drug-likeness (QED) is 0.250. The van der Waals surface area contributed by atoms with Crippen molar-refractivity contribution in [3.05, 3.63) is 0 Å². The number of nitrogens with zero attached hydrogens (tertiary/aromatic N) is 1. The molecule has 0 amide bonds. The van der Waals surface area contributed by atoms with Crippen molar-refractivity contribution < 1.29 is 61.1 Å². The summed E-state index contributed by atoms with van der Waals surface area (Å²) in [5.74, 6) is -6.49. The Morgan fingerprint density at radius 1 is 0.608 bits per heavy atom. The average Bonchev–Trinajstić information content (AvgIpc) is 3.43. The molecule has 0 unspecified atom stereocenters. The van der Waals surface area contributed by atoms with Crippen molar-refractivity contribution in [2.45, 2.75) is 153 Å². The number of ether oxygens (including phenoxy) is 6. The Morgan fingerprint density at radius 3 is 1.63 bits per heavy atom. The van der Waals surface area contributed by atoms with Gasteiger partial charge in [-0.25, -0.2) is 19.6 Å². The third-order valence-electron chi connectivity index (χ3n) is 14.9. The molecule has 2 aliphatic carbocycles. The van der Waals surface area contributed by atoms with Crippen molar-refractivity contribution in [1.29, 1.82) is 0 Å². The smallest absolute Gasteiger partial charge is 0.348 e. The SMILES string of the molecule is C[C@@H]1CC[C@H]2[C@@H](C)[C@@](C)(OCCN(C)CCO[C@@]3(C(F)(F)F)O[C@@H]4O[C@]5(C)CC[C@H]6[C@H](C)CC[C@@H]([C@H]3C)[C@@]46OO5)O[C@@H]3O[C@]4(C)CC[C@@H]1[C@]32OO4. The highest BCUT2D eigenvalue weighted by Crippen LogP contribution is 2.65. The third-order valence-corrected chi connectivity index (χ3v) is 14.9. The van der Waals surface area contributed by atoms with Gasteiger partial charge in [-0.1, -0.05) is 27.7 Å². The fourth-order valence-corrected chi connectivity index (χ4v) is 11.6. The van der Waals surface area contributed by atoms with Gasteiger partial charge in [-0.3, -0.25) is 0 Å². The number of alkyl halides is 3. The van der Waals surface area contributed by atoms with Crippen LogP contribution in [0, 0.1) is 47.3 Å². The first-order valence-electron chi connectivity index (χ1n) is 19.4. The number of hydrogen-bond donors (Lipinski definition) is 0. The van der Waals surface area contributed by atoms with Gasteiger partial charge >= 0.3 is 6.18 Å². The lowest BCUT2D eigenvalue weighted by atomic mass is 9.57. The second-order valence-corrected chi connectivity index (χ2v) is 17.8. The zero-order valence-electron chi connectivity index (χ0n) is 31.4. The Kier molecular flexibility index (Phi) is 9.08. The molecule has 10 fully saturated rings. The minimum Gasteiger partial charge on any atom is -0.348 e. The van der Waals surface area contributed by atoms with Crippen LogP contribution in [0.3, 0.4) is 0 Å². The summed E-state index contributed by atoms with van der Waals surface area (Å²) in [5.41, 5.74) is -1.81. The lowest BCUT2D eigenvalue weighted by molar-refractivity contribution is -0.598. The standard InChI is InChI=1S/C37H58F3NO10/c1-21-9-11-27-23(3)33(7,46-29-34(27)25(21)13-15-31(5,44-29)48-50-34)42-19-17-41(8)18-20-43-36(37(38,39)40)24(4)28-12-10-22(2)26-14-16-32(6)45-30(47-36)35(26,28)51-49-32/h21-30H,9-20H2,1-8H3/t21-,22-,23-,24-,25+,26+,27+,28+,29+,30+,31+,32+,33+,34-,35-,36-/m1/s1. The normalized spacial score (nSPS) is 54.8. The van der Waals surface area contributed by atoms with Gasteiger partial charge in [0.15, 0.2) is 29.6 Å². The van der Waals surface area contributed by atoms with E-state index in [0.29, 0.717) is 31.9 Å². The molecule has 8 saturated heterocycles. The van der Waals surface area contributed by atoms with Crippen LogP contribution in [0.2, 0.25) is 0 Å². The maximum atomic E-state index is 15.2. The van der Waals surface area contributed by atoms with Crippen LogP contribution in [-0.2, 0) is 48.0 Å². The molecular formula is C37H58F3NO10. The average molecular weight is 734 g/mol. The van der Waals surface area contributed by atoms with E-state index in [2.05, 4.69) is 20.8 Å². The number of halogens is 3. The summed E-state index contributed by atoms with van der Waals surface area (Å²) in [6, 6.07) is 0. The number of likely N-dealkylation sites (N-methyl/N-ethyl adjacent to an activating group) is 1. The van der Waals surface area contributed by atoms with Crippen LogP contribution in [0.25, 0.3) is 0 Å². The van der Waals surface area contributed by atoms with Crippen LogP contribution < -0.4 is 0 Å². The Hall–Kier alpha value is -0.650. The molecular weight excluding hydrogens is 675 g/mol. The van der Waals surface area contributed by atoms with Crippen LogP contribution in [0.15, 0.2) is 0 Å². The second-order valence-electron chi connectivity index (χ2n) is 17.8. The van der Waals surface area contributed by atoms with Crippen LogP contribution in [0.4, 0.5) is 13.2 Å². The molecule has 51 heavy (non-hydrogen) atoms. The Labute approximate surface area is 299 Å². The zero-order valence-corrected chi connectivity index (χ0v) is 31.4. The van der Waals surface area contributed by atoms with E-state index < -0.39 is 64.9 Å². The molecule has 2 saturated carbocycles. The molecule has 8 aliphatic heterocycles. The molecule has 0 aromatic carbocycles. The molecule has 0 radical (unpaired) electrons. The molecule has 10 aliphatic rings. The predicted octanol–water partition coefficient (Wildman–Crippen LogP) is 6.69. The van der Waals surface area contributed by atoms with Gasteiger partial charge in [0, 0.05) is 49.6 Å². The van der Waals surface area contributed by atoms with E-state index in [1.54, 1.807) is 13.8 Å². The molecule has 0 aromatic rings.